The third kappa shape index (κ3) is 4.87. The number of benzene rings is 2. The van der Waals surface area contributed by atoms with Gasteiger partial charge in [0, 0.05) is 30.1 Å². The Bertz CT molecular complexity index is 828. The zero-order valence-corrected chi connectivity index (χ0v) is 15.8. The molecule has 2 aromatic rings. The molecular weight excluding hydrogens is 367 g/mol. The summed E-state index contributed by atoms with van der Waals surface area (Å²) in [4.78, 5) is 29.2. The molecule has 1 N–H and O–H groups in total. The van der Waals surface area contributed by atoms with E-state index in [-0.39, 0.29) is 43.8 Å². The van der Waals surface area contributed by atoms with Gasteiger partial charge in [-0.2, -0.15) is 0 Å². The maximum atomic E-state index is 13.4. The molecule has 2 aromatic carbocycles. The Kier molecular flexibility index (Phi) is 6.13. The number of nitrogens with zero attached hydrogens (tertiary/aromatic N) is 2. The Morgan fingerprint density at radius 1 is 1.22 bits per heavy atom. The van der Waals surface area contributed by atoms with Gasteiger partial charge < -0.3 is 14.9 Å². The first-order valence-electron chi connectivity index (χ1n) is 8.60. The molecule has 27 heavy (non-hydrogen) atoms. The number of halogens is 1. The SMILES string of the molecule is CSc1ccc(C(=O)N2CC(=O)N(Cc3cccc(F)c3)CC(O)C2)cc1. The minimum Gasteiger partial charge on any atom is -0.389 e. The van der Waals surface area contributed by atoms with Gasteiger partial charge in [-0.05, 0) is 48.2 Å². The number of hydrogen-bond acceptors (Lipinski definition) is 4. The van der Waals surface area contributed by atoms with Crippen molar-refractivity contribution in [1.29, 1.82) is 0 Å². The number of thioether (sulfide) groups is 1. The van der Waals surface area contributed by atoms with E-state index in [1.807, 2.05) is 18.4 Å². The minimum atomic E-state index is -0.862. The summed E-state index contributed by atoms with van der Waals surface area (Å²) in [6.45, 7) is 0.257. The number of aliphatic hydroxyl groups excluding tert-OH is 1. The van der Waals surface area contributed by atoms with Gasteiger partial charge in [-0.15, -0.1) is 11.8 Å². The third-order valence-corrected chi connectivity index (χ3v) is 5.17. The first kappa shape index (κ1) is 19.4. The maximum Gasteiger partial charge on any atom is 0.254 e. The fraction of sp³-hybridized carbons (Fsp3) is 0.300. The number of amides is 2. The first-order valence-corrected chi connectivity index (χ1v) is 9.82. The summed E-state index contributed by atoms with van der Waals surface area (Å²) < 4.78 is 13.4. The van der Waals surface area contributed by atoms with Crippen molar-refractivity contribution < 1.29 is 19.1 Å². The molecule has 0 spiro atoms. The van der Waals surface area contributed by atoms with Crippen LogP contribution in [0.5, 0.6) is 0 Å². The molecule has 5 nitrogen and oxygen atoms in total. The summed E-state index contributed by atoms with van der Waals surface area (Å²) in [5.41, 5.74) is 1.12. The predicted molar refractivity (Wildman–Crippen MR) is 102 cm³/mol. The van der Waals surface area contributed by atoms with Crippen LogP contribution >= 0.6 is 11.8 Å². The number of carbonyl (C=O) groups is 2. The lowest BCUT2D eigenvalue weighted by molar-refractivity contribution is -0.131. The van der Waals surface area contributed by atoms with Crippen LogP contribution in [-0.2, 0) is 11.3 Å². The summed E-state index contributed by atoms with van der Waals surface area (Å²) in [6, 6.07) is 13.2. The molecule has 0 bridgehead atoms. The van der Waals surface area contributed by atoms with Crippen LogP contribution in [0, 0.1) is 5.82 Å². The summed E-state index contributed by atoms with van der Waals surface area (Å²) in [7, 11) is 0. The molecule has 1 saturated heterocycles. The highest BCUT2D eigenvalue weighted by molar-refractivity contribution is 7.98. The highest BCUT2D eigenvalue weighted by Gasteiger charge is 2.30. The second-order valence-electron chi connectivity index (χ2n) is 6.47. The van der Waals surface area contributed by atoms with Gasteiger partial charge in [0.15, 0.2) is 0 Å². The molecule has 1 heterocycles. The van der Waals surface area contributed by atoms with Crippen molar-refractivity contribution in [3.05, 3.63) is 65.5 Å². The summed E-state index contributed by atoms with van der Waals surface area (Å²) in [5, 5.41) is 10.3. The lowest BCUT2D eigenvalue weighted by atomic mass is 10.2. The molecule has 0 aromatic heterocycles. The van der Waals surface area contributed by atoms with Crippen LogP contribution in [0.4, 0.5) is 4.39 Å². The zero-order chi connectivity index (χ0) is 19.4. The monoisotopic (exact) mass is 388 g/mol. The van der Waals surface area contributed by atoms with Crippen molar-refractivity contribution in [2.75, 3.05) is 25.9 Å². The number of hydrogen-bond donors (Lipinski definition) is 1. The molecule has 2 amide bonds. The first-order chi connectivity index (χ1) is 13.0. The van der Waals surface area contributed by atoms with Crippen molar-refractivity contribution in [3.8, 4) is 0 Å². The Hall–Kier alpha value is -2.38. The Morgan fingerprint density at radius 3 is 2.63 bits per heavy atom. The fourth-order valence-electron chi connectivity index (χ4n) is 3.08. The highest BCUT2D eigenvalue weighted by Crippen LogP contribution is 2.18. The predicted octanol–water partition coefficient (Wildman–Crippen LogP) is 2.39. The molecule has 1 unspecified atom stereocenters. The van der Waals surface area contributed by atoms with E-state index in [1.165, 1.54) is 21.9 Å². The van der Waals surface area contributed by atoms with Gasteiger partial charge in [0.2, 0.25) is 5.91 Å². The molecule has 1 aliphatic heterocycles. The van der Waals surface area contributed by atoms with Crippen molar-refractivity contribution in [2.45, 2.75) is 17.5 Å². The molecule has 142 valence electrons. The number of rotatable bonds is 4. The third-order valence-electron chi connectivity index (χ3n) is 4.43. The molecule has 7 heteroatoms. The standard InChI is InChI=1S/C20H21FN2O3S/c1-27-18-7-5-15(6-8-18)20(26)23-12-17(24)11-22(19(25)13-23)10-14-3-2-4-16(21)9-14/h2-9,17,24H,10-13H2,1H3. The molecular formula is C20H21FN2O3S. The van der Waals surface area contributed by atoms with Crippen LogP contribution in [0.2, 0.25) is 0 Å². The van der Waals surface area contributed by atoms with Crippen molar-refractivity contribution in [2.24, 2.45) is 0 Å². The zero-order valence-electron chi connectivity index (χ0n) is 15.0. The van der Waals surface area contributed by atoms with Crippen LogP contribution in [0.3, 0.4) is 0 Å². The van der Waals surface area contributed by atoms with Crippen LogP contribution < -0.4 is 0 Å². The molecule has 0 radical (unpaired) electrons. The second-order valence-corrected chi connectivity index (χ2v) is 7.35. The quantitative estimate of drug-likeness (QED) is 0.817. The lowest BCUT2D eigenvalue weighted by Crippen LogP contribution is -2.39. The summed E-state index contributed by atoms with van der Waals surface area (Å²) in [6.07, 6.45) is 1.09. The summed E-state index contributed by atoms with van der Waals surface area (Å²) in [5.74, 6) is -0.937. The van der Waals surface area contributed by atoms with Gasteiger partial charge in [-0.3, -0.25) is 9.59 Å². The fourth-order valence-corrected chi connectivity index (χ4v) is 3.48. The topological polar surface area (TPSA) is 60.9 Å². The lowest BCUT2D eigenvalue weighted by Gasteiger charge is -2.22. The van der Waals surface area contributed by atoms with E-state index in [1.54, 1.807) is 36.0 Å². The largest absolute Gasteiger partial charge is 0.389 e. The number of β-amino-alcohol motifs (C(OH)–C–C–N with tert-alkyl or cyclic N) is 1. The average molecular weight is 388 g/mol. The highest BCUT2D eigenvalue weighted by atomic mass is 32.2. The van der Waals surface area contributed by atoms with E-state index in [0.717, 1.165) is 4.90 Å². The van der Waals surface area contributed by atoms with Crippen LogP contribution in [0.25, 0.3) is 0 Å². The van der Waals surface area contributed by atoms with E-state index in [4.69, 9.17) is 0 Å². The van der Waals surface area contributed by atoms with Crippen molar-refractivity contribution in [3.63, 3.8) is 0 Å². The van der Waals surface area contributed by atoms with Gasteiger partial charge in [-0.25, -0.2) is 4.39 Å². The van der Waals surface area contributed by atoms with Crippen LogP contribution in [0.15, 0.2) is 53.4 Å². The minimum absolute atomic E-state index is 0.0779. The molecule has 1 atom stereocenters. The van der Waals surface area contributed by atoms with Gasteiger partial charge >= 0.3 is 0 Å². The van der Waals surface area contributed by atoms with Crippen LogP contribution in [0.1, 0.15) is 15.9 Å². The average Bonchev–Trinajstić information content (AvgIpc) is 2.79. The number of carbonyl (C=O) groups excluding carboxylic acids is 2. The van der Waals surface area contributed by atoms with Gasteiger partial charge in [0.1, 0.15) is 12.4 Å². The smallest absolute Gasteiger partial charge is 0.254 e. The van der Waals surface area contributed by atoms with E-state index in [2.05, 4.69) is 0 Å². The molecule has 0 saturated carbocycles. The van der Waals surface area contributed by atoms with Crippen molar-refractivity contribution in [1.82, 2.24) is 9.80 Å². The van der Waals surface area contributed by atoms with E-state index in [0.29, 0.717) is 11.1 Å². The van der Waals surface area contributed by atoms with Gasteiger partial charge in [0.25, 0.3) is 5.91 Å². The maximum absolute atomic E-state index is 13.4. The van der Waals surface area contributed by atoms with E-state index in [9.17, 15) is 19.1 Å². The van der Waals surface area contributed by atoms with E-state index >= 15 is 0 Å². The second kappa shape index (κ2) is 8.54. The van der Waals surface area contributed by atoms with E-state index < -0.39 is 6.10 Å². The molecule has 1 fully saturated rings. The Morgan fingerprint density at radius 2 is 1.96 bits per heavy atom. The summed E-state index contributed by atoms with van der Waals surface area (Å²) >= 11 is 1.58. The van der Waals surface area contributed by atoms with Gasteiger partial charge in [0.05, 0.1) is 6.10 Å². The molecule has 0 aliphatic carbocycles. The van der Waals surface area contributed by atoms with Crippen molar-refractivity contribution >= 4 is 23.6 Å². The molecule has 3 rings (SSSR count). The normalized spacial score (nSPS) is 17.7. The Labute approximate surface area is 161 Å². The number of aliphatic hydroxyl groups is 1. The van der Waals surface area contributed by atoms with Crippen LogP contribution in [-0.4, -0.2) is 58.7 Å². The van der Waals surface area contributed by atoms with Gasteiger partial charge in [-0.1, -0.05) is 12.1 Å². The Balaban J connectivity index is 1.72. The molecule has 1 aliphatic rings.